The van der Waals surface area contributed by atoms with Gasteiger partial charge < -0.3 is 20.5 Å². The number of ether oxygens (including phenoxy) is 1. The lowest BCUT2D eigenvalue weighted by Crippen LogP contribution is -2.49. The van der Waals surface area contributed by atoms with Crippen LogP contribution in [0.25, 0.3) is 0 Å². The number of amides is 2. The molecule has 2 aromatic carbocycles. The minimum Gasteiger partial charge on any atom is -0.497 e. The molecule has 2 aromatic rings. The standard InChI is InChI=1S/C21H21F2N5O4/c1-31-14-8-16(22)18(17(23)9-14)15-11-25-20(28-32-7-6-29)19(15)27-21(30)26-13-4-2-12(10-24)3-5-13/h2-5,8-9,15,19,29H,6-7,11H2,1H3,(H,25,28)(H2,26,27,30). The van der Waals surface area contributed by atoms with E-state index in [2.05, 4.69) is 21.1 Å². The summed E-state index contributed by atoms with van der Waals surface area (Å²) in [4.78, 5) is 21.9. The molecular weight excluding hydrogens is 424 g/mol. The van der Waals surface area contributed by atoms with Gasteiger partial charge in [0.15, 0.2) is 0 Å². The summed E-state index contributed by atoms with van der Waals surface area (Å²) in [5.74, 6) is -2.37. The van der Waals surface area contributed by atoms with Crippen molar-refractivity contribution in [2.45, 2.75) is 12.0 Å². The number of aliphatic hydroxyl groups excluding tert-OH is 1. The maximum atomic E-state index is 14.7. The highest BCUT2D eigenvalue weighted by atomic mass is 19.1. The monoisotopic (exact) mass is 445 g/mol. The van der Waals surface area contributed by atoms with Crippen molar-refractivity contribution in [3.05, 3.63) is 59.2 Å². The van der Waals surface area contributed by atoms with Crippen molar-refractivity contribution in [1.82, 2.24) is 10.8 Å². The molecule has 11 heteroatoms. The maximum Gasteiger partial charge on any atom is 0.319 e. The highest BCUT2D eigenvalue weighted by molar-refractivity contribution is 5.97. The van der Waals surface area contributed by atoms with Gasteiger partial charge in [-0.15, -0.1) is 0 Å². The number of amidine groups is 1. The Morgan fingerprint density at radius 1 is 1.28 bits per heavy atom. The fraction of sp³-hybridized carbons (Fsp3) is 0.286. The van der Waals surface area contributed by atoms with Crippen LogP contribution in [0.1, 0.15) is 17.0 Å². The molecule has 2 amide bonds. The van der Waals surface area contributed by atoms with Crippen molar-refractivity contribution in [2.75, 3.05) is 32.2 Å². The second kappa shape index (κ2) is 10.5. The summed E-state index contributed by atoms with van der Waals surface area (Å²) >= 11 is 0. The number of anilines is 1. The minimum atomic E-state index is -0.954. The first-order valence-corrected chi connectivity index (χ1v) is 9.60. The van der Waals surface area contributed by atoms with Gasteiger partial charge in [-0.1, -0.05) is 0 Å². The highest BCUT2D eigenvalue weighted by Crippen LogP contribution is 2.32. The average Bonchev–Trinajstić information content (AvgIpc) is 3.15. The van der Waals surface area contributed by atoms with Gasteiger partial charge in [-0.05, 0) is 24.3 Å². The number of nitriles is 1. The first-order chi connectivity index (χ1) is 15.5. The van der Waals surface area contributed by atoms with Gasteiger partial charge in [-0.2, -0.15) is 5.26 Å². The molecule has 1 aliphatic heterocycles. The Balaban J connectivity index is 1.81. The quantitative estimate of drug-likeness (QED) is 0.382. The zero-order valence-electron chi connectivity index (χ0n) is 17.1. The SMILES string of the molecule is COc1cc(F)c(C2CN=C(NOCCO)C2NC(=O)Nc2ccc(C#N)cc2)c(F)c1. The van der Waals surface area contributed by atoms with Gasteiger partial charge in [0.2, 0.25) is 0 Å². The molecule has 9 nitrogen and oxygen atoms in total. The van der Waals surface area contributed by atoms with Crippen molar-refractivity contribution in [3.63, 3.8) is 0 Å². The lowest BCUT2D eigenvalue weighted by atomic mass is 9.92. The van der Waals surface area contributed by atoms with Gasteiger partial charge in [0.25, 0.3) is 0 Å². The van der Waals surface area contributed by atoms with Crippen molar-refractivity contribution < 1.29 is 28.3 Å². The second-order valence-corrected chi connectivity index (χ2v) is 6.78. The molecule has 168 valence electrons. The number of hydrogen-bond acceptors (Lipinski definition) is 7. The summed E-state index contributed by atoms with van der Waals surface area (Å²) in [5, 5.41) is 23.0. The van der Waals surface area contributed by atoms with Gasteiger partial charge >= 0.3 is 6.03 Å². The largest absolute Gasteiger partial charge is 0.497 e. The molecule has 0 spiro atoms. The topological polar surface area (TPSA) is 128 Å². The Morgan fingerprint density at radius 3 is 2.56 bits per heavy atom. The van der Waals surface area contributed by atoms with Gasteiger partial charge in [-0.3, -0.25) is 15.3 Å². The van der Waals surface area contributed by atoms with Crippen molar-refractivity contribution in [3.8, 4) is 11.8 Å². The first kappa shape index (κ1) is 22.9. The summed E-state index contributed by atoms with van der Waals surface area (Å²) in [5.41, 5.74) is 3.11. The number of nitrogens with one attached hydrogen (secondary N) is 3. The van der Waals surface area contributed by atoms with E-state index in [1.165, 1.54) is 19.2 Å². The summed E-state index contributed by atoms with van der Waals surface area (Å²) in [7, 11) is 1.30. The summed E-state index contributed by atoms with van der Waals surface area (Å²) < 4.78 is 34.3. The highest BCUT2D eigenvalue weighted by Gasteiger charge is 2.38. The molecule has 1 heterocycles. The van der Waals surface area contributed by atoms with E-state index in [4.69, 9.17) is 19.9 Å². The third kappa shape index (κ3) is 5.29. The summed E-state index contributed by atoms with van der Waals surface area (Å²) in [6.45, 7) is -0.339. The first-order valence-electron chi connectivity index (χ1n) is 9.60. The van der Waals surface area contributed by atoms with Crippen LogP contribution >= 0.6 is 0 Å². The Kier molecular flexibility index (Phi) is 7.54. The Bertz CT molecular complexity index is 1020. The van der Waals surface area contributed by atoms with Crippen LogP contribution in [0.5, 0.6) is 5.75 Å². The molecule has 0 fully saturated rings. The van der Waals surface area contributed by atoms with Gasteiger partial charge in [0, 0.05) is 29.3 Å². The van der Waals surface area contributed by atoms with Crippen molar-refractivity contribution >= 4 is 17.6 Å². The number of aliphatic imine (C=N–C) groups is 1. The van der Waals surface area contributed by atoms with E-state index in [9.17, 15) is 13.6 Å². The van der Waals surface area contributed by atoms with Crippen LogP contribution in [-0.2, 0) is 4.84 Å². The normalized spacial score (nSPS) is 17.3. The molecule has 1 aliphatic rings. The van der Waals surface area contributed by atoms with E-state index in [1.54, 1.807) is 12.1 Å². The van der Waals surface area contributed by atoms with Crippen LogP contribution in [0, 0.1) is 23.0 Å². The zero-order valence-corrected chi connectivity index (χ0v) is 17.1. The van der Waals surface area contributed by atoms with E-state index in [-0.39, 0.29) is 36.9 Å². The van der Waals surface area contributed by atoms with Gasteiger partial charge in [0.05, 0.1) is 44.5 Å². The van der Waals surface area contributed by atoms with Crippen molar-refractivity contribution in [1.29, 1.82) is 5.26 Å². The Morgan fingerprint density at radius 2 is 1.97 bits per heavy atom. The number of hydrogen-bond donors (Lipinski definition) is 4. The Labute approximate surface area is 182 Å². The number of carbonyl (C=O) groups is 1. The van der Waals surface area contributed by atoms with E-state index in [0.29, 0.717) is 11.3 Å². The average molecular weight is 445 g/mol. The van der Waals surface area contributed by atoms with Crippen LogP contribution in [-0.4, -0.2) is 49.9 Å². The van der Waals surface area contributed by atoms with E-state index >= 15 is 0 Å². The molecule has 3 rings (SSSR count). The number of rotatable bonds is 7. The second-order valence-electron chi connectivity index (χ2n) is 6.78. The number of urea groups is 1. The third-order valence-electron chi connectivity index (χ3n) is 4.74. The third-order valence-corrected chi connectivity index (χ3v) is 4.74. The zero-order chi connectivity index (χ0) is 23.1. The van der Waals surface area contributed by atoms with Crippen molar-refractivity contribution in [2.24, 2.45) is 4.99 Å². The number of aliphatic hydroxyl groups is 1. The molecule has 2 unspecified atom stereocenters. The van der Waals surface area contributed by atoms with E-state index in [0.717, 1.165) is 12.1 Å². The molecule has 0 saturated carbocycles. The smallest absolute Gasteiger partial charge is 0.319 e. The predicted molar refractivity (Wildman–Crippen MR) is 111 cm³/mol. The van der Waals surface area contributed by atoms with Crippen LogP contribution in [0.15, 0.2) is 41.4 Å². The predicted octanol–water partition coefficient (Wildman–Crippen LogP) is 2.04. The maximum absolute atomic E-state index is 14.7. The molecule has 32 heavy (non-hydrogen) atoms. The summed E-state index contributed by atoms with van der Waals surface area (Å²) in [6, 6.07) is 8.64. The molecule has 0 saturated heterocycles. The number of carbonyl (C=O) groups excluding carboxylic acids is 1. The fourth-order valence-electron chi connectivity index (χ4n) is 3.25. The van der Waals surface area contributed by atoms with Crippen LogP contribution in [0.3, 0.4) is 0 Å². The number of hydroxylamine groups is 1. The summed E-state index contributed by atoms with van der Waals surface area (Å²) in [6.07, 6.45) is 0. The molecule has 4 N–H and O–H groups in total. The Hall–Kier alpha value is -3.75. The number of methoxy groups -OCH3 is 1. The number of nitrogens with zero attached hydrogens (tertiary/aromatic N) is 2. The minimum absolute atomic E-state index is 0.0210. The molecule has 2 atom stereocenters. The molecule has 0 aromatic heterocycles. The lowest BCUT2D eigenvalue weighted by molar-refractivity contribution is 0.0517. The molecule has 0 bridgehead atoms. The van der Waals surface area contributed by atoms with Crippen LogP contribution in [0.4, 0.5) is 19.3 Å². The number of halogens is 2. The van der Waals surface area contributed by atoms with Crippen LogP contribution in [0.2, 0.25) is 0 Å². The number of benzene rings is 2. The fourth-order valence-corrected chi connectivity index (χ4v) is 3.25. The molecular formula is C21H21F2N5O4. The van der Waals surface area contributed by atoms with E-state index in [1.807, 2.05) is 6.07 Å². The molecule has 0 radical (unpaired) electrons. The lowest BCUT2D eigenvalue weighted by Gasteiger charge is -2.24. The van der Waals surface area contributed by atoms with E-state index < -0.39 is 29.6 Å². The van der Waals surface area contributed by atoms with Gasteiger partial charge in [-0.25, -0.2) is 13.6 Å². The molecule has 0 aliphatic carbocycles. The van der Waals surface area contributed by atoms with Gasteiger partial charge in [0.1, 0.15) is 23.2 Å². The van der Waals surface area contributed by atoms with Crippen LogP contribution < -0.4 is 20.9 Å².